The maximum atomic E-state index is 12.1. The molecule has 8 nitrogen and oxygen atoms in total. The Hall–Kier alpha value is -3.68. The van der Waals surface area contributed by atoms with Crippen molar-refractivity contribution in [2.45, 2.75) is 38.8 Å². The van der Waals surface area contributed by atoms with E-state index in [9.17, 15) is 9.59 Å². The molecule has 8 heteroatoms. The normalized spacial score (nSPS) is 11.1. The van der Waals surface area contributed by atoms with E-state index in [0.717, 1.165) is 36.8 Å². The summed E-state index contributed by atoms with van der Waals surface area (Å²) >= 11 is 0. The van der Waals surface area contributed by atoms with Crippen molar-refractivity contribution in [2.75, 3.05) is 0 Å². The molecule has 0 aliphatic rings. The number of nitrogens with one attached hydrogen (secondary N) is 2. The summed E-state index contributed by atoms with van der Waals surface area (Å²) in [5.41, 5.74) is 1.46. The minimum Gasteiger partial charge on any atom is -0.275 e. The van der Waals surface area contributed by atoms with Gasteiger partial charge in [-0.2, -0.15) is 10.2 Å². The molecule has 154 valence electrons. The summed E-state index contributed by atoms with van der Waals surface area (Å²) in [6, 6.07) is 19.4. The second kappa shape index (κ2) is 9.21. The maximum absolute atomic E-state index is 12.1. The number of aromatic amines is 2. The van der Waals surface area contributed by atoms with Crippen LogP contribution in [-0.4, -0.2) is 29.5 Å². The zero-order chi connectivity index (χ0) is 20.8. The monoisotopic (exact) mass is 404 g/mol. The highest BCUT2D eigenvalue weighted by Crippen LogP contribution is 2.16. The summed E-state index contributed by atoms with van der Waals surface area (Å²) in [5, 5.41) is 13.4. The molecule has 0 atom stereocenters. The highest BCUT2D eigenvalue weighted by molar-refractivity contribution is 5.55. The van der Waals surface area contributed by atoms with Crippen molar-refractivity contribution in [2.24, 2.45) is 0 Å². The molecule has 0 aliphatic heterocycles. The second-order valence-electron chi connectivity index (χ2n) is 7.15. The molecular formula is C22H24N6O2. The van der Waals surface area contributed by atoms with Gasteiger partial charge in [0.25, 0.3) is 0 Å². The number of H-pyrrole nitrogens is 2. The Kier molecular flexibility index (Phi) is 6.03. The number of hydrogen-bond acceptors (Lipinski definition) is 4. The number of unbranched alkanes of at least 4 members (excludes halogenated alkanes) is 3. The number of aromatic nitrogens is 6. The molecule has 0 amide bonds. The van der Waals surface area contributed by atoms with Gasteiger partial charge in [-0.05, 0) is 12.8 Å². The number of benzene rings is 2. The van der Waals surface area contributed by atoms with Gasteiger partial charge >= 0.3 is 11.4 Å². The van der Waals surface area contributed by atoms with Crippen molar-refractivity contribution in [1.29, 1.82) is 0 Å². The zero-order valence-corrected chi connectivity index (χ0v) is 16.6. The molecule has 0 radical (unpaired) electrons. The Labute approximate surface area is 173 Å². The van der Waals surface area contributed by atoms with E-state index in [-0.39, 0.29) is 11.4 Å². The van der Waals surface area contributed by atoms with Crippen molar-refractivity contribution in [3.63, 3.8) is 0 Å². The van der Waals surface area contributed by atoms with Gasteiger partial charge in [0, 0.05) is 24.2 Å². The second-order valence-corrected chi connectivity index (χ2v) is 7.15. The molecule has 0 fully saturated rings. The minimum atomic E-state index is -0.189. The van der Waals surface area contributed by atoms with E-state index in [1.165, 1.54) is 0 Å². The third kappa shape index (κ3) is 4.32. The largest absolute Gasteiger partial charge is 0.343 e. The molecule has 30 heavy (non-hydrogen) atoms. The Balaban J connectivity index is 1.30. The van der Waals surface area contributed by atoms with Crippen LogP contribution in [0, 0.1) is 0 Å². The first-order valence-electron chi connectivity index (χ1n) is 10.2. The van der Waals surface area contributed by atoms with Crippen LogP contribution in [0.3, 0.4) is 0 Å². The summed E-state index contributed by atoms with van der Waals surface area (Å²) in [7, 11) is 0. The summed E-state index contributed by atoms with van der Waals surface area (Å²) in [5.74, 6) is 1.33. The van der Waals surface area contributed by atoms with Gasteiger partial charge in [-0.1, -0.05) is 73.5 Å². The van der Waals surface area contributed by atoms with E-state index in [1.54, 1.807) is 9.13 Å². The Morgan fingerprint density at radius 3 is 1.40 bits per heavy atom. The van der Waals surface area contributed by atoms with E-state index in [4.69, 9.17) is 0 Å². The SMILES string of the molecule is O=c1[nH]nc(-c2ccccc2)n1CCCCCCn1c(-c2ccccc2)n[nH]c1=O. The van der Waals surface area contributed by atoms with Crippen LogP contribution < -0.4 is 11.4 Å². The smallest absolute Gasteiger partial charge is 0.275 e. The molecule has 4 aromatic rings. The fourth-order valence-corrected chi connectivity index (χ4v) is 3.56. The quantitative estimate of drug-likeness (QED) is 0.419. The predicted molar refractivity (Wildman–Crippen MR) is 115 cm³/mol. The van der Waals surface area contributed by atoms with Gasteiger partial charge < -0.3 is 0 Å². The molecule has 0 saturated carbocycles. The van der Waals surface area contributed by atoms with Gasteiger partial charge in [0.1, 0.15) is 0 Å². The third-order valence-electron chi connectivity index (χ3n) is 5.09. The van der Waals surface area contributed by atoms with Crippen LogP contribution in [-0.2, 0) is 13.1 Å². The molecule has 2 aromatic carbocycles. The molecule has 0 bridgehead atoms. The molecule has 2 heterocycles. The first-order chi connectivity index (χ1) is 14.7. The van der Waals surface area contributed by atoms with E-state index in [1.807, 2.05) is 60.7 Å². The minimum absolute atomic E-state index is 0.189. The van der Waals surface area contributed by atoms with Crippen molar-refractivity contribution >= 4 is 0 Å². The van der Waals surface area contributed by atoms with E-state index >= 15 is 0 Å². The van der Waals surface area contributed by atoms with Crippen LogP contribution in [0.25, 0.3) is 22.8 Å². The lowest BCUT2D eigenvalue weighted by molar-refractivity contribution is 0.532. The van der Waals surface area contributed by atoms with Crippen molar-refractivity contribution in [1.82, 2.24) is 29.5 Å². The van der Waals surface area contributed by atoms with Crippen LogP contribution in [0.2, 0.25) is 0 Å². The lowest BCUT2D eigenvalue weighted by Gasteiger charge is -2.07. The van der Waals surface area contributed by atoms with Crippen molar-refractivity contribution in [3.8, 4) is 22.8 Å². The molecule has 0 spiro atoms. The maximum Gasteiger partial charge on any atom is 0.343 e. The average molecular weight is 404 g/mol. The number of nitrogens with zero attached hydrogens (tertiary/aromatic N) is 4. The van der Waals surface area contributed by atoms with Gasteiger partial charge in [-0.25, -0.2) is 19.8 Å². The molecule has 0 saturated heterocycles. The van der Waals surface area contributed by atoms with Crippen LogP contribution >= 0.6 is 0 Å². The molecule has 0 aliphatic carbocycles. The van der Waals surface area contributed by atoms with Gasteiger partial charge in [0.2, 0.25) is 0 Å². The Morgan fingerprint density at radius 2 is 1.00 bits per heavy atom. The number of hydrogen-bond donors (Lipinski definition) is 2. The third-order valence-corrected chi connectivity index (χ3v) is 5.09. The van der Waals surface area contributed by atoms with Crippen LogP contribution in [0.4, 0.5) is 0 Å². The Bertz CT molecular complexity index is 1090. The van der Waals surface area contributed by atoms with Gasteiger partial charge in [-0.3, -0.25) is 9.13 Å². The Morgan fingerprint density at radius 1 is 0.600 bits per heavy atom. The topological polar surface area (TPSA) is 101 Å². The average Bonchev–Trinajstić information content (AvgIpc) is 3.34. The first kappa shape index (κ1) is 19.6. The molecule has 2 aromatic heterocycles. The van der Waals surface area contributed by atoms with Gasteiger partial charge in [0.05, 0.1) is 0 Å². The molecule has 0 unspecified atom stereocenters. The van der Waals surface area contributed by atoms with Gasteiger partial charge in [0.15, 0.2) is 11.6 Å². The van der Waals surface area contributed by atoms with Crippen molar-refractivity contribution < 1.29 is 0 Å². The lowest BCUT2D eigenvalue weighted by Crippen LogP contribution is -2.18. The summed E-state index contributed by atoms with van der Waals surface area (Å²) < 4.78 is 3.37. The fourth-order valence-electron chi connectivity index (χ4n) is 3.56. The zero-order valence-electron chi connectivity index (χ0n) is 16.6. The van der Waals surface area contributed by atoms with E-state index < -0.39 is 0 Å². The van der Waals surface area contributed by atoms with Gasteiger partial charge in [-0.15, -0.1) is 0 Å². The first-order valence-corrected chi connectivity index (χ1v) is 10.2. The van der Waals surface area contributed by atoms with E-state index in [2.05, 4.69) is 20.4 Å². The summed E-state index contributed by atoms with van der Waals surface area (Å²) in [4.78, 5) is 24.2. The molecule has 4 rings (SSSR count). The lowest BCUT2D eigenvalue weighted by atomic mass is 10.1. The van der Waals surface area contributed by atoms with E-state index in [0.29, 0.717) is 24.7 Å². The fraction of sp³-hybridized carbons (Fsp3) is 0.273. The predicted octanol–water partition coefficient (Wildman–Crippen LogP) is 3.05. The van der Waals surface area contributed by atoms with Crippen LogP contribution in [0.5, 0.6) is 0 Å². The summed E-state index contributed by atoms with van der Waals surface area (Å²) in [6.07, 6.45) is 3.65. The van der Waals surface area contributed by atoms with Crippen LogP contribution in [0.15, 0.2) is 70.3 Å². The standard InChI is InChI=1S/C22H24N6O2/c29-21-25-23-19(17-11-5-3-6-12-17)27(21)15-9-1-2-10-16-28-20(24-26-22(28)30)18-13-7-4-8-14-18/h3-8,11-14H,1-2,9-10,15-16H2,(H,25,29)(H,26,30). The van der Waals surface area contributed by atoms with Crippen molar-refractivity contribution in [3.05, 3.63) is 81.6 Å². The van der Waals surface area contributed by atoms with Crippen LogP contribution in [0.1, 0.15) is 25.7 Å². The molecular weight excluding hydrogens is 380 g/mol. The number of rotatable bonds is 9. The summed E-state index contributed by atoms with van der Waals surface area (Å²) in [6.45, 7) is 1.22. The molecule has 2 N–H and O–H groups in total. The highest BCUT2D eigenvalue weighted by atomic mass is 16.2. The highest BCUT2D eigenvalue weighted by Gasteiger charge is 2.11.